The molecular weight excluding hydrogens is 1010 g/mol. The van der Waals surface area contributed by atoms with Crippen molar-refractivity contribution in [3.05, 3.63) is 237 Å². The first-order valence-electron chi connectivity index (χ1n) is 26.7. The van der Waals surface area contributed by atoms with Crippen LogP contribution in [0, 0.1) is 0 Å². The topological polar surface area (TPSA) is 58.9 Å². The molecule has 0 fully saturated rings. The van der Waals surface area contributed by atoms with E-state index in [-0.39, 0.29) is 33.2 Å². The summed E-state index contributed by atoms with van der Waals surface area (Å²) in [7, 11) is -7.11. The predicted molar refractivity (Wildman–Crippen MR) is 324 cm³/mol. The SMILES string of the molecule is CC(C)(C)c1cc2c(O)c(c1)Cc1cc(C(C)(C)C)cc(c1O[Si](Cl)(c1ccccc1)c1ccccc1)Cc1cc(C(C)(C)C)cc(c1O)Cc1cc(C(C)(C)C)cc(c1O[Si](Cl)(c1ccccc1)c1ccccc1)C2. The summed E-state index contributed by atoms with van der Waals surface area (Å²) in [6, 6.07) is 58.4. The lowest BCUT2D eigenvalue weighted by Crippen LogP contribution is -2.59. The van der Waals surface area contributed by atoms with Crippen LogP contribution >= 0.6 is 22.2 Å². The third-order valence-corrected chi connectivity index (χ3v) is 23.4. The normalized spacial score (nSPS) is 13.6. The minimum Gasteiger partial charge on any atom is -0.522 e. The Morgan fingerprint density at radius 3 is 0.684 bits per heavy atom. The first kappa shape index (κ1) is 54.8. The zero-order valence-corrected chi connectivity index (χ0v) is 50.0. The van der Waals surface area contributed by atoms with Gasteiger partial charge in [-0.2, -0.15) is 0 Å². The predicted octanol–water partition coefficient (Wildman–Crippen LogP) is 14.7. The standard InChI is InChI=1S/C68H74Cl2O4Si2/c1-65(2,3)53-37-45-33-49-41-55(67(7,8)9)43-51(63(49)73-75(69,57-25-17-13-18-26-57)58-27-19-14-20-28-58)35-47-39-54(66(4,5)6)40-48(62(47)72)36-52-44-56(68(10,11)12)42-50(34-46(38-53)61(45)71)64(52)74-76(70,59-29-21-15-22-30-59)60-31-23-16-24-32-60/h13-32,37-44,71-72H,33-36H2,1-12H3. The maximum atomic E-state index is 13.1. The lowest BCUT2D eigenvalue weighted by Gasteiger charge is -2.32. The molecule has 4 nitrogen and oxygen atoms in total. The van der Waals surface area contributed by atoms with E-state index >= 15 is 0 Å². The Kier molecular flexibility index (Phi) is 14.9. The first-order valence-corrected chi connectivity index (χ1v) is 32.6. The second-order valence-corrected chi connectivity index (χ2v) is 33.4. The Hall–Kier alpha value is -6.03. The van der Waals surface area contributed by atoms with Crippen molar-refractivity contribution in [2.45, 2.75) is 130 Å². The Morgan fingerprint density at radius 1 is 0.316 bits per heavy atom. The van der Waals surface area contributed by atoms with Crippen LogP contribution in [0.5, 0.6) is 23.0 Å². The molecule has 0 aliphatic heterocycles. The molecule has 0 heterocycles. The Balaban J connectivity index is 1.39. The summed E-state index contributed by atoms with van der Waals surface area (Å²) in [6.07, 6.45) is 1.37. The number of benzene rings is 8. The smallest absolute Gasteiger partial charge is 0.414 e. The zero-order chi connectivity index (χ0) is 54.6. The van der Waals surface area contributed by atoms with Gasteiger partial charge in [-0.3, -0.25) is 0 Å². The van der Waals surface area contributed by atoms with E-state index in [9.17, 15) is 10.2 Å². The molecule has 2 N–H and O–H groups in total. The molecule has 0 radical (unpaired) electrons. The van der Waals surface area contributed by atoms with Gasteiger partial charge < -0.3 is 19.1 Å². The second-order valence-electron chi connectivity index (χ2n) is 25.1. The molecule has 1 aliphatic rings. The van der Waals surface area contributed by atoms with E-state index in [0.717, 1.165) is 87.5 Å². The number of phenols is 2. The highest BCUT2D eigenvalue weighted by molar-refractivity contribution is 7.31. The van der Waals surface area contributed by atoms with Crippen LogP contribution in [-0.4, -0.2) is 25.5 Å². The molecule has 76 heavy (non-hydrogen) atoms. The summed E-state index contributed by atoms with van der Waals surface area (Å²) < 4.78 is 15.4. The van der Waals surface area contributed by atoms with E-state index in [1.54, 1.807) is 0 Å². The van der Waals surface area contributed by atoms with E-state index < -0.39 is 15.3 Å². The molecule has 0 saturated heterocycles. The number of rotatable bonds is 8. The highest BCUT2D eigenvalue weighted by Gasteiger charge is 2.44. The van der Waals surface area contributed by atoms with Crippen molar-refractivity contribution in [1.82, 2.24) is 0 Å². The minimum absolute atomic E-state index is 0.223. The van der Waals surface area contributed by atoms with Crippen molar-refractivity contribution in [2.24, 2.45) is 0 Å². The van der Waals surface area contributed by atoms with Gasteiger partial charge >= 0.3 is 15.3 Å². The number of hydrogen-bond acceptors (Lipinski definition) is 4. The molecule has 8 heteroatoms. The zero-order valence-electron chi connectivity index (χ0n) is 46.5. The van der Waals surface area contributed by atoms with Gasteiger partial charge in [0.2, 0.25) is 0 Å². The average Bonchev–Trinajstić information content (AvgIpc) is 3.38. The van der Waals surface area contributed by atoms with Gasteiger partial charge in [0.1, 0.15) is 23.0 Å². The third kappa shape index (κ3) is 11.3. The van der Waals surface area contributed by atoms with Crippen LogP contribution in [-0.2, 0) is 47.3 Å². The third-order valence-electron chi connectivity index (χ3n) is 15.1. The van der Waals surface area contributed by atoms with Gasteiger partial charge in [0.15, 0.2) is 0 Å². The molecule has 0 spiro atoms. The van der Waals surface area contributed by atoms with Crippen molar-refractivity contribution in [3.63, 3.8) is 0 Å². The lowest BCUT2D eigenvalue weighted by atomic mass is 9.79. The van der Waals surface area contributed by atoms with Crippen LogP contribution in [0.15, 0.2) is 170 Å². The summed E-state index contributed by atoms with van der Waals surface area (Å²) in [5.41, 5.74) is 10.0. The molecule has 392 valence electrons. The van der Waals surface area contributed by atoms with Gasteiger partial charge in [0.05, 0.1) is 0 Å². The van der Waals surface area contributed by atoms with Crippen molar-refractivity contribution < 1.29 is 19.1 Å². The fourth-order valence-electron chi connectivity index (χ4n) is 10.4. The summed E-state index contributed by atoms with van der Waals surface area (Å²) >= 11 is 16.4. The van der Waals surface area contributed by atoms with Crippen LogP contribution in [0.2, 0.25) is 0 Å². The van der Waals surface area contributed by atoms with E-state index in [2.05, 4.69) is 180 Å². The quantitative estimate of drug-likeness (QED) is 0.118. The molecule has 9 rings (SSSR count). The van der Waals surface area contributed by atoms with E-state index in [0.29, 0.717) is 37.2 Å². The molecule has 0 unspecified atom stereocenters. The highest BCUT2D eigenvalue weighted by Crippen LogP contribution is 2.45. The second kappa shape index (κ2) is 20.7. The molecule has 0 atom stereocenters. The van der Waals surface area contributed by atoms with Crippen molar-refractivity contribution >= 4 is 58.2 Å². The number of halogens is 2. The molecule has 0 amide bonds. The molecule has 8 aromatic carbocycles. The van der Waals surface area contributed by atoms with Crippen LogP contribution in [0.3, 0.4) is 0 Å². The van der Waals surface area contributed by atoms with Crippen LogP contribution in [0.25, 0.3) is 0 Å². The van der Waals surface area contributed by atoms with E-state index in [1.807, 2.05) is 72.8 Å². The van der Waals surface area contributed by atoms with Gasteiger partial charge in [0, 0.05) is 25.7 Å². The van der Waals surface area contributed by atoms with Crippen LogP contribution in [0.4, 0.5) is 0 Å². The summed E-state index contributed by atoms with van der Waals surface area (Å²) in [4.78, 5) is 0. The monoisotopic (exact) mass is 1080 g/mol. The Bertz CT molecular complexity index is 2980. The summed E-state index contributed by atoms with van der Waals surface area (Å²) in [5.74, 6) is 1.78. The largest absolute Gasteiger partial charge is 0.522 e. The maximum absolute atomic E-state index is 13.1. The Morgan fingerprint density at radius 2 is 0.500 bits per heavy atom. The van der Waals surface area contributed by atoms with Crippen molar-refractivity contribution in [2.75, 3.05) is 0 Å². The average molecular weight is 1080 g/mol. The highest BCUT2D eigenvalue weighted by atomic mass is 35.6. The fraction of sp³-hybridized carbons (Fsp3) is 0.294. The number of aromatic hydroxyl groups is 2. The van der Waals surface area contributed by atoms with Crippen LogP contribution in [0.1, 0.15) is 150 Å². The summed E-state index contributed by atoms with van der Waals surface area (Å²) in [5, 5.41) is 29.9. The number of hydrogen-bond donors (Lipinski definition) is 2. The molecule has 0 saturated carbocycles. The first-order chi connectivity index (χ1) is 35.7. The van der Waals surface area contributed by atoms with Crippen molar-refractivity contribution in [1.29, 1.82) is 0 Å². The number of phenolic OH excluding ortho intramolecular Hbond substituents is 2. The molecule has 0 aromatic heterocycles. The van der Waals surface area contributed by atoms with Gasteiger partial charge in [-0.25, -0.2) is 0 Å². The minimum atomic E-state index is -3.55. The van der Waals surface area contributed by atoms with Gasteiger partial charge in [-0.15, -0.1) is 22.2 Å². The Labute approximate surface area is 464 Å². The lowest BCUT2D eigenvalue weighted by molar-refractivity contribution is 0.460. The fourth-order valence-corrected chi connectivity index (χ4v) is 17.1. The van der Waals surface area contributed by atoms with Gasteiger partial charge in [-0.05, 0) is 109 Å². The van der Waals surface area contributed by atoms with E-state index in [1.165, 1.54) is 0 Å². The molecule has 8 aromatic rings. The maximum Gasteiger partial charge on any atom is 0.414 e. The van der Waals surface area contributed by atoms with E-state index in [4.69, 9.17) is 31.0 Å². The van der Waals surface area contributed by atoms with Gasteiger partial charge in [-0.1, -0.05) is 253 Å². The molecule has 8 bridgehead atoms. The number of fused-ring (bicyclic) bond motifs is 8. The van der Waals surface area contributed by atoms with Crippen LogP contribution < -0.4 is 29.6 Å². The summed E-state index contributed by atoms with van der Waals surface area (Å²) in [6.45, 7) is 26.8. The van der Waals surface area contributed by atoms with Gasteiger partial charge in [0.25, 0.3) is 0 Å². The molecular formula is C68H74Cl2O4Si2. The molecule has 1 aliphatic carbocycles. The van der Waals surface area contributed by atoms with Crippen molar-refractivity contribution in [3.8, 4) is 23.0 Å².